The second-order valence-electron chi connectivity index (χ2n) is 6.41. The van der Waals surface area contributed by atoms with Crippen LogP contribution in [0, 0.1) is 6.92 Å². The van der Waals surface area contributed by atoms with Crippen LogP contribution in [0.1, 0.15) is 38.0 Å². The van der Waals surface area contributed by atoms with Gasteiger partial charge in [-0.25, -0.2) is 0 Å². The van der Waals surface area contributed by atoms with Crippen LogP contribution in [0.4, 0.5) is 0 Å². The first kappa shape index (κ1) is 17.0. The molecule has 1 N–H and O–H groups in total. The Morgan fingerprint density at radius 2 is 2.15 bits per heavy atom. The van der Waals surface area contributed by atoms with Gasteiger partial charge in [0.25, 0.3) is 11.8 Å². The third-order valence-corrected chi connectivity index (χ3v) is 4.53. The third kappa shape index (κ3) is 3.46. The second-order valence-corrected chi connectivity index (χ2v) is 6.41. The fourth-order valence-corrected chi connectivity index (χ4v) is 3.05. The van der Waals surface area contributed by atoms with Crippen molar-refractivity contribution < 1.29 is 14.0 Å². The zero-order valence-electron chi connectivity index (χ0n) is 14.9. The summed E-state index contributed by atoms with van der Waals surface area (Å²) in [7, 11) is 0. The molecule has 0 saturated carbocycles. The van der Waals surface area contributed by atoms with E-state index in [1.807, 2.05) is 25.1 Å². The molecule has 0 aromatic carbocycles. The summed E-state index contributed by atoms with van der Waals surface area (Å²) in [4.78, 5) is 30.9. The molecule has 138 valence electrons. The molecule has 1 aliphatic rings. The highest BCUT2D eigenvalue weighted by atomic mass is 16.3. The lowest BCUT2D eigenvalue weighted by atomic mass is 10.2. The van der Waals surface area contributed by atoms with E-state index in [0.717, 1.165) is 17.0 Å². The number of fused-ring (bicyclic) bond motifs is 1. The van der Waals surface area contributed by atoms with E-state index in [2.05, 4.69) is 15.4 Å². The van der Waals surface area contributed by atoms with Gasteiger partial charge in [0.2, 0.25) is 0 Å². The average Bonchev–Trinajstić information content (AvgIpc) is 3.31. The van der Waals surface area contributed by atoms with Gasteiger partial charge in [-0.2, -0.15) is 5.10 Å². The lowest BCUT2D eigenvalue weighted by Gasteiger charge is -2.27. The Hall–Kier alpha value is -3.42. The summed E-state index contributed by atoms with van der Waals surface area (Å²) in [6.07, 6.45) is 3.20. The van der Waals surface area contributed by atoms with Crippen molar-refractivity contribution in [2.75, 3.05) is 6.54 Å². The molecule has 0 atom stereocenters. The molecule has 3 aromatic heterocycles. The number of hydrogen-bond acceptors (Lipinski definition) is 5. The van der Waals surface area contributed by atoms with Crippen molar-refractivity contribution in [2.24, 2.45) is 0 Å². The molecule has 0 aliphatic carbocycles. The summed E-state index contributed by atoms with van der Waals surface area (Å²) in [5.41, 5.74) is 2.75. The number of nitrogens with zero attached hydrogens (tertiary/aromatic N) is 4. The normalized spacial score (nSPS) is 13.3. The Morgan fingerprint density at radius 3 is 2.89 bits per heavy atom. The van der Waals surface area contributed by atoms with Crippen molar-refractivity contribution >= 4 is 11.8 Å². The molecule has 0 radical (unpaired) electrons. The highest BCUT2D eigenvalue weighted by Gasteiger charge is 2.27. The Morgan fingerprint density at radius 1 is 1.26 bits per heavy atom. The molecule has 0 unspecified atom stereocenters. The Labute approximate surface area is 155 Å². The largest absolute Gasteiger partial charge is 0.459 e. The van der Waals surface area contributed by atoms with E-state index in [4.69, 9.17) is 4.42 Å². The zero-order chi connectivity index (χ0) is 18.8. The number of amides is 2. The molecular formula is C19H19N5O3. The van der Waals surface area contributed by atoms with Crippen LogP contribution in [0.3, 0.4) is 0 Å². The standard InChI is InChI=1S/C19H19N5O3/c1-13-5-9-27-17(13)19(26)23-7-8-24-15(12-23)10-16(22-24)18(25)21-11-14-4-2-3-6-20-14/h2-6,9-10H,7-8,11-12H2,1H3,(H,21,25). The van der Waals surface area contributed by atoms with Crippen LogP contribution >= 0.6 is 0 Å². The topological polar surface area (TPSA) is 93.3 Å². The van der Waals surface area contributed by atoms with E-state index in [9.17, 15) is 9.59 Å². The Kier molecular flexibility index (Phi) is 4.45. The molecule has 0 saturated heterocycles. The molecule has 27 heavy (non-hydrogen) atoms. The minimum absolute atomic E-state index is 0.147. The molecule has 2 amide bonds. The predicted molar refractivity (Wildman–Crippen MR) is 95.8 cm³/mol. The first-order valence-corrected chi connectivity index (χ1v) is 8.70. The predicted octanol–water partition coefficient (Wildman–Crippen LogP) is 1.77. The van der Waals surface area contributed by atoms with Gasteiger partial charge in [-0.05, 0) is 31.2 Å². The monoisotopic (exact) mass is 365 g/mol. The Balaban J connectivity index is 1.43. The van der Waals surface area contributed by atoms with E-state index in [1.165, 1.54) is 6.26 Å². The van der Waals surface area contributed by atoms with Gasteiger partial charge in [0.1, 0.15) is 0 Å². The van der Waals surface area contributed by atoms with Gasteiger partial charge in [0.15, 0.2) is 11.5 Å². The minimum atomic E-state index is -0.262. The maximum Gasteiger partial charge on any atom is 0.290 e. The first-order chi connectivity index (χ1) is 13.1. The van der Waals surface area contributed by atoms with E-state index in [0.29, 0.717) is 37.6 Å². The molecule has 4 rings (SSSR count). The quantitative estimate of drug-likeness (QED) is 0.760. The summed E-state index contributed by atoms with van der Waals surface area (Å²) in [6, 6.07) is 9.04. The maximum absolute atomic E-state index is 12.6. The zero-order valence-corrected chi connectivity index (χ0v) is 14.9. The number of nitrogens with one attached hydrogen (secondary N) is 1. The van der Waals surface area contributed by atoms with Crippen LogP contribution in [-0.4, -0.2) is 38.0 Å². The smallest absolute Gasteiger partial charge is 0.290 e. The number of carbonyl (C=O) groups excluding carboxylic acids is 2. The summed E-state index contributed by atoms with van der Waals surface area (Å²) in [5.74, 6) is -0.0512. The number of pyridine rings is 1. The lowest BCUT2D eigenvalue weighted by Crippen LogP contribution is -2.38. The highest BCUT2D eigenvalue weighted by Crippen LogP contribution is 2.18. The van der Waals surface area contributed by atoms with Crippen molar-refractivity contribution in [3.63, 3.8) is 0 Å². The molecule has 8 nitrogen and oxygen atoms in total. The number of aromatic nitrogens is 3. The van der Waals surface area contributed by atoms with E-state index < -0.39 is 0 Å². The van der Waals surface area contributed by atoms with Gasteiger partial charge < -0.3 is 14.6 Å². The van der Waals surface area contributed by atoms with Crippen molar-refractivity contribution in [3.8, 4) is 0 Å². The molecule has 4 heterocycles. The number of furan rings is 1. The average molecular weight is 365 g/mol. The van der Waals surface area contributed by atoms with Crippen LogP contribution in [0.2, 0.25) is 0 Å². The lowest BCUT2D eigenvalue weighted by molar-refractivity contribution is 0.0672. The molecule has 0 fully saturated rings. The third-order valence-electron chi connectivity index (χ3n) is 4.53. The van der Waals surface area contributed by atoms with Crippen LogP contribution in [0.15, 0.2) is 47.2 Å². The van der Waals surface area contributed by atoms with Crippen molar-refractivity contribution in [2.45, 2.75) is 26.6 Å². The number of rotatable bonds is 4. The van der Waals surface area contributed by atoms with Gasteiger partial charge in [-0.1, -0.05) is 6.07 Å². The van der Waals surface area contributed by atoms with Gasteiger partial charge in [-0.15, -0.1) is 0 Å². The molecule has 0 spiro atoms. The van der Waals surface area contributed by atoms with Crippen LogP contribution in [-0.2, 0) is 19.6 Å². The first-order valence-electron chi connectivity index (χ1n) is 8.70. The van der Waals surface area contributed by atoms with Gasteiger partial charge >= 0.3 is 0 Å². The van der Waals surface area contributed by atoms with E-state index >= 15 is 0 Å². The summed E-state index contributed by atoms with van der Waals surface area (Å²) < 4.78 is 7.07. The van der Waals surface area contributed by atoms with Crippen LogP contribution < -0.4 is 5.32 Å². The number of carbonyl (C=O) groups is 2. The van der Waals surface area contributed by atoms with Crippen molar-refractivity contribution in [3.05, 3.63) is 71.2 Å². The fourth-order valence-electron chi connectivity index (χ4n) is 3.05. The molecule has 3 aromatic rings. The van der Waals surface area contributed by atoms with Gasteiger partial charge in [-0.3, -0.25) is 19.3 Å². The summed E-state index contributed by atoms with van der Waals surface area (Å²) in [5, 5.41) is 7.18. The fraction of sp³-hybridized carbons (Fsp3) is 0.263. The minimum Gasteiger partial charge on any atom is -0.459 e. The van der Waals surface area contributed by atoms with Crippen LogP contribution in [0.25, 0.3) is 0 Å². The highest BCUT2D eigenvalue weighted by molar-refractivity contribution is 5.93. The summed E-state index contributed by atoms with van der Waals surface area (Å²) in [6.45, 7) is 3.62. The molecule has 1 aliphatic heterocycles. The van der Waals surface area contributed by atoms with Gasteiger partial charge in [0.05, 0.1) is 37.3 Å². The molecule has 0 bridgehead atoms. The summed E-state index contributed by atoms with van der Waals surface area (Å²) >= 11 is 0. The van der Waals surface area contributed by atoms with E-state index in [1.54, 1.807) is 27.9 Å². The van der Waals surface area contributed by atoms with Crippen molar-refractivity contribution in [1.82, 2.24) is 25.0 Å². The molecular weight excluding hydrogens is 346 g/mol. The van der Waals surface area contributed by atoms with E-state index in [-0.39, 0.29) is 11.8 Å². The number of hydrogen-bond donors (Lipinski definition) is 1. The maximum atomic E-state index is 12.6. The molecule has 8 heteroatoms. The SMILES string of the molecule is Cc1ccoc1C(=O)N1CCn2nc(C(=O)NCc3ccccn3)cc2C1. The number of aryl methyl sites for hydroxylation is 1. The second kappa shape index (κ2) is 7.06. The Bertz CT molecular complexity index is 976. The van der Waals surface area contributed by atoms with Crippen molar-refractivity contribution in [1.29, 1.82) is 0 Å². The van der Waals surface area contributed by atoms with Crippen LogP contribution in [0.5, 0.6) is 0 Å². The van der Waals surface area contributed by atoms with Gasteiger partial charge in [0, 0.05) is 18.3 Å².